The van der Waals surface area contributed by atoms with Crippen molar-refractivity contribution in [2.75, 3.05) is 49.7 Å². The number of anilines is 2. The summed E-state index contributed by atoms with van der Waals surface area (Å²) in [5.41, 5.74) is 3.91. The van der Waals surface area contributed by atoms with Crippen molar-refractivity contribution in [1.29, 1.82) is 0 Å². The number of para-hydroxylation sites is 1. The van der Waals surface area contributed by atoms with Gasteiger partial charge in [0.15, 0.2) is 0 Å². The van der Waals surface area contributed by atoms with Gasteiger partial charge in [-0.3, -0.25) is 19.7 Å². The number of piperazine rings is 1. The van der Waals surface area contributed by atoms with Crippen LogP contribution in [0.25, 0.3) is 22.2 Å². The molecule has 0 bridgehead atoms. The number of nitrogens with two attached hydrogens (primary N) is 1. The molecule has 6 rings (SSSR count). The zero-order valence-electron chi connectivity index (χ0n) is 22.0. The largest absolute Gasteiger partial charge is 0.447 e. The Labute approximate surface area is 230 Å². The first-order valence-electron chi connectivity index (χ1n) is 13.1. The maximum absolute atomic E-state index is 12.3. The van der Waals surface area contributed by atoms with Crippen LogP contribution < -0.4 is 21.1 Å². The van der Waals surface area contributed by atoms with Crippen molar-refractivity contribution in [2.24, 2.45) is 5.84 Å². The average molecular weight is 540 g/mol. The number of ether oxygens (including phenoxy) is 1. The minimum absolute atomic E-state index is 0.0604. The van der Waals surface area contributed by atoms with Gasteiger partial charge in [-0.2, -0.15) is 0 Å². The van der Waals surface area contributed by atoms with E-state index in [-0.39, 0.29) is 18.0 Å². The number of cyclic esters (lactones) is 1. The molecule has 0 radical (unpaired) electrons. The first-order chi connectivity index (χ1) is 19.5. The van der Waals surface area contributed by atoms with Crippen LogP contribution in [0.5, 0.6) is 0 Å². The van der Waals surface area contributed by atoms with E-state index in [4.69, 9.17) is 10.6 Å². The molecule has 12 nitrogen and oxygen atoms in total. The first kappa shape index (κ1) is 25.4. The van der Waals surface area contributed by atoms with Crippen LogP contribution in [0, 0.1) is 0 Å². The van der Waals surface area contributed by atoms with Crippen LogP contribution in [0.1, 0.15) is 15.9 Å². The van der Waals surface area contributed by atoms with E-state index in [1.54, 1.807) is 35.4 Å². The quantitative estimate of drug-likeness (QED) is 0.264. The van der Waals surface area contributed by atoms with Crippen molar-refractivity contribution in [3.63, 3.8) is 0 Å². The Kier molecular flexibility index (Phi) is 6.83. The number of nitrogens with one attached hydrogen (secondary N) is 1. The van der Waals surface area contributed by atoms with Crippen molar-refractivity contribution in [1.82, 2.24) is 30.2 Å². The Balaban J connectivity index is 1.14. The lowest BCUT2D eigenvalue weighted by Gasteiger charge is -2.36. The summed E-state index contributed by atoms with van der Waals surface area (Å²) in [5.74, 6) is 7.68. The molecule has 2 aliphatic rings. The number of nitrogens with zero attached hydrogens (tertiary/aromatic N) is 7. The number of hydrogen-bond acceptors (Lipinski definition) is 10. The van der Waals surface area contributed by atoms with E-state index >= 15 is 0 Å². The van der Waals surface area contributed by atoms with Crippen LogP contribution in [-0.4, -0.2) is 82.7 Å². The molecule has 0 saturated carbocycles. The van der Waals surface area contributed by atoms with Crippen molar-refractivity contribution in [2.45, 2.75) is 12.5 Å². The summed E-state index contributed by atoms with van der Waals surface area (Å²) in [4.78, 5) is 46.0. The van der Waals surface area contributed by atoms with Crippen molar-refractivity contribution in [3.8, 4) is 11.3 Å². The fourth-order valence-electron chi connectivity index (χ4n) is 5.21. The topological polar surface area (TPSA) is 143 Å². The Morgan fingerprint density at radius 2 is 2.05 bits per heavy atom. The lowest BCUT2D eigenvalue weighted by molar-refractivity contribution is 0.0964. The first-order valence-corrected chi connectivity index (χ1v) is 13.1. The molecule has 3 aromatic heterocycles. The third-order valence-electron chi connectivity index (χ3n) is 7.38. The monoisotopic (exact) mass is 539 g/mol. The highest BCUT2D eigenvalue weighted by molar-refractivity contribution is 6.06. The lowest BCUT2D eigenvalue weighted by Crippen LogP contribution is -2.52. The Morgan fingerprint density at radius 3 is 2.88 bits per heavy atom. The van der Waals surface area contributed by atoms with Gasteiger partial charge in [0.1, 0.15) is 24.6 Å². The molecule has 40 heavy (non-hydrogen) atoms. The number of aromatic nitrogens is 4. The van der Waals surface area contributed by atoms with E-state index < -0.39 is 0 Å². The van der Waals surface area contributed by atoms with E-state index in [0.717, 1.165) is 27.8 Å². The molecule has 2 fully saturated rings. The van der Waals surface area contributed by atoms with Crippen LogP contribution in [-0.2, 0) is 11.2 Å². The maximum Gasteiger partial charge on any atom is 0.410 e. The number of rotatable bonds is 7. The molecular formula is C28H29N9O3. The molecule has 204 valence electrons. The number of carbonyl (C=O) groups excluding carboxylic acids is 2. The van der Waals surface area contributed by atoms with E-state index in [9.17, 15) is 9.59 Å². The van der Waals surface area contributed by atoms with Gasteiger partial charge < -0.3 is 15.0 Å². The molecule has 5 heterocycles. The summed E-state index contributed by atoms with van der Waals surface area (Å²) in [6.45, 7) is 2.92. The van der Waals surface area contributed by atoms with Crippen LogP contribution in [0.3, 0.4) is 0 Å². The van der Waals surface area contributed by atoms with Gasteiger partial charge in [-0.05, 0) is 30.2 Å². The molecule has 3 N–H and O–H groups in total. The maximum atomic E-state index is 12.3. The van der Waals surface area contributed by atoms with E-state index in [0.29, 0.717) is 56.3 Å². The molecule has 4 aromatic rings. The molecule has 2 aliphatic heterocycles. The number of carbonyl (C=O) groups is 2. The second-order valence-electron chi connectivity index (χ2n) is 9.73. The second kappa shape index (κ2) is 10.7. The summed E-state index contributed by atoms with van der Waals surface area (Å²) in [7, 11) is 1.61. The van der Waals surface area contributed by atoms with Crippen LogP contribution in [0.15, 0.2) is 61.2 Å². The highest BCUT2D eigenvalue weighted by Crippen LogP contribution is 2.25. The van der Waals surface area contributed by atoms with Gasteiger partial charge in [0.2, 0.25) is 0 Å². The molecule has 0 spiro atoms. The van der Waals surface area contributed by atoms with Gasteiger partial charge in [-0.1, -0.05) is 18.2 Å². The van der Waals surface area contributed by atoms with Gasteiger partial charge in [0, 0.05) is 62.6 Å². The highest BCUT2D eigenvalue weighted by atomic mass is 16.6. The number of pyridine rings is 2. The molecule has 0 unspecified atom stereocenters. The number of fused-ring (bicyclic) bond motifs is 2. The Morgan fingerprint density at radius 1 is 1.15 bits per heavy atom. The fraction of sp³-hybridized carbons (Fsp3) is 0.286. The lowest BCUT2D eigenvalue weighted by atomic mass is 10.0. The minimum atomic E-state index is -0.231. The normalized spacial score (nSPS) is 16.6. The van der Waals surface area contributed by atoms with Crippen LogP contribution in [0.2, 0.25) is 0 Å². The number of amides is 2. The smallest absolute Gasteiger partial charge is 0.410 e. The van der Waals surface area contributed by atoms with E-state index in [1.165, 1.54) is 6.33 Å². The average Bonchev–Trinajstić information content (AvgIpc) is 3.39. The SMILES string of the molecule is CNC(=O)c1ccnc2c(CCN(N)c3cc(-c4ccc(N5CCN6C(=O)OC[C@@H]6C5)nc4)ncn3)cccc12. The number of hydrazine groups is 1. The van der Waals surface area contributed by atoms with Crippen LogP contribution in [0.4, 0.5) is 16.4 Å². The Bertz CT molecular complexity index is 1560. The highest BCUT2D eigenvalue weighted by Gasteiger charge is 2.37. The summed E-state index contributed by atoms with van der Waals surface area (Å²) >= 11 is 0. The van der Waals surface area contributed by atoms with Crippen molar-refractivity contribution < 1.29 is 14.3 Å². The molecule has 12 heteroatoms. The third-order valence-corrected chi connectivity index (χ3v) is 7.38. The summed E-state index contributed by atoms with van der Waals surface area (Å²) < 4.78 is 5.16. The van der Waals surface area contributed by atoms with E-state index in [1.807, 2.05) is 36.4 Å². The second-order valence-corrected chi connectivity index (χ2v) is 9.73. The molecule has 2 saturated heterocycles. The molecule has 1 atom stereocenters. The fourth-order valence-corrected chi connectivity index (χ4v) is 5.21. The minimum Gasteiger partial charge on any atom is -0.447 e. The third kappa shape index (κ3) is 4.84. The number of hydrogen-bond donors (Lipinski definition) is 2. The summed E-state index contributed by atoms with van der Waals surface area (Å²) in [6, 6.07) is 13.4. The van der Waals surface area contributed by atoms with Gasteiger partial charge in [-0.25, -0.2) is 25.6 Å². The molecule has 1 aromatic carbocycles. The zero-order valence-corrected chi connectivity index (χ0v) is 22.0. The standard InChI is InChI=1S/C28H29N9O3/c1-30-27(38)22-7-9-31-26-18(3-2-4-21(22)26)8-10-37(29)25-13-23(33-17-34-25)19-5-6-24(32-14-19)35-11-12-36-20(15-35)16-40-28(36)39/h2-7,9,13-14,17,20H,8,10-12,15-16,29H2,1H3,(H,30,38)/t20-/m0/s1. The molecule has 0 aliphatic carbocycles. The van der Waals surface area contributed by atoms with E-state index in [2.05, 4.69) is 30.2 Å². The predicted molar refractivity (Wildman–Crippen MR) is 150 cm³/mol. The van der Waals surface area contributed by atoms with Gasteiger partial charge in [0.25, 0.3) is 5.91 Å². The molecular weight excluding hydrogens is 510 g/mol. The van der Waals surface area contributed by atoms with Gasteiger partial charge in [-0.15, -0.1) is 0 Å². The summed E-state index contributed by atoms with van der Waals surface area (Å²) in [5, 5.41) is 5.06. The number of benzene rings is 1. The molecule has 2 amide bonds. The van der Waals surface area contributed by atoms with Crippen LogP contribution >= 0.6 is 0 Å². The Hall–Kier alpha value is -4.84. The van der Waals surface area contributed by atoms with Crippen molar-refractivity contribution >= 4 is 34.5 Å². The zero-order chi connectivity index (χ0) is 27.6. The van der Waals surface area contributed by atoms with Crippen molar-refractivity contribution in [3.05, 3.63) is 72.3 Å². The van der Waals surface area contributed by atoms with Gasteiger partial charge >= 0.3 is 6.09 Å². The van der Waals surface area contributed by atoms with Gasteiger partial charge in [0.05, 0.1) is 22.8 Å². The predicted octanol–water partition coefficient (Wildman–Crippen LogP) is 2.01. The summed E-state index contributed by atoms with van der Waals surface area (Å²) in [6.07, 6.45) is 5.31.